The molecule has 2 rings (SSSR count). The molecule has 0 radical (unpaired) electrons. The summed E-state index contributed by atoms with van der Waals surface area (Å²) >= 11 is 11.7. The van der Waals surface area contributed by atoms with Crippen molar-refractivity contribution < 1.29 is 4.79 Å². The molecule has 104 valence electrons. The van der Waals surface area contributed by atoms with E-state index in [1.165, 1.54) is 0 Å². The maximum absolute atomic E-state index is 12.1. The highest BCUT2D eigenvalue weighted by atomic mass is 35.5. The molecular weight excluding hydrogens is 295 g/mol. The van der Waals surface area contributed by atoms with Crippen LogP contribution in [0.5, 0.6) is 0 Å². The Balaban J connectivity index is 2.10. The predicted octanol–water partition coefficient (Wildman–Crippen LogP) is 4.07. The molecule has 0 aliphatic heterocycles. The van der Waals surface area contributed by atoms with Crippen LogP contribution in [-0.4, -0.2) is 5.91 Å². The van der Waals surface area contributed by atoms with Crippen molar-refractivity contribution in [1.82, 2.24) is 5.32 Å². The molecule has 3 N–H and O–H groups in total. The molecule has 1 atom stereocenters. The fraction of sp³-hybridized carbons (Fsp3) is 0.133. The summed E-state index contributed by atoms with van der Waals surface area (Å²) in [6.45, 7) is 1.90. The van der Waals surface area contributed by atoms with Gasteiger partial charge in [-0.05, 0) is 42.8 Å². The first-order chi connectivity index (χ1) is 9.47. The molecule has 0 fully saturated rings. The molecule has 0 spiro atoms. The summed E-state index contributed by atoms with van der Waals surface area (Å²) in [6, 6.07) is 12.0. The topological polar surface area (TPSA) is 55.1 Å². The van der Waals surface area contributed by atoms with E-state index in [-0.39, 0.29) is 11.9 Å². The average Bonchev–Trinajstić information content (AvgIpc) is 2.42. The summed E-state index contributed by atoms with van der Waals surface area (Å²) < 4.78 is 0. The highest BCUT2D eigenvalue weighted by Crippen LogP contribution is 2.21. The van der Waals surface area contributed by atoms with Crippen molar-refractivity contribution >= 4 is 34.8 Å². The largest absolute Gasteiger partial charge is 0.398 e. The number of nitrogens with two attached hydrogens (primary N) is 1. The molecule has 0 aromatic heterocycles. The number of amides is 1. The van der Waals surface area contributed by atoms with Gasteiger partial charge in [-0.3, -0.25) is 4.79 Å². The normalized spacial score (nSPS) is 11.9. The molecule has 3 nitrogen and oxygen atoms in total. The Morgan fingerprint density at radius 1 is 1.15 bits per heavy atom. The van der Waals surface area contributed by atoms with Crippen molar-refractivity contribution in [2.75, 3.05) is 5.73 Å². The van der Waals surface area contributed by atoms with Crippen molar-refractivity contribution in [1.29, 1.82) is 0 Å². The van der Waals surface area contributed by atoms with Crippen molar-refractivity contribution in [3.8, 4) is 0 Å². The van der Waals surface area contributed by atoms with E-state index in [2.05, 4.69) is 5.32 Å². The van der Waals surface area contributed by atoms with Gasteiger partial charge in [-0.15, -0.1) is 0 Å². The molecule has 2 aromatic carbocycles. The Hall–Kier alpha value is -1.71. The summed E-state index contributed by atoms with van der Waals surface area (Å²) in [5, 5.41) is 4.00. The van der Waals surface area contributed by atoms with Crippen LogP contribution in [0.15, 0.2) is 42.5 Å². The lowest BCUT2D eigenvalue weighted by Crippen LogP contribution is -2.26. The Morgan fingerprint density at radius 2 is 1.80 bits per heavy atom. The maximum Gasteiger partial charge on any atom is 0.251 e. The number of carbonyl (C=O) groups excluding carboxylic acids is 1. The second-order valence-corrected chi connectivity index (χ2v) is 5.33. The predicted molar refractivity (Wildman–Crippen MR) is 83.2 cm³/mol. The summed E-state index contributed by atoms with van der Waals surface area (Å²) in [6.07, 6.45) is 0. The molecule has 0 bridgehead atoms. The minimum absolute atomic E-state index is 0.128. The van der Waals surface area contributed by atoms with E-state index in [1.54, 1.807) is 30.3 Å². The molecule has 5 heteroatoms. The number of hydrogen-bond acceptors (Lipinski definition) is 2. The summed E-state index contributed by atoms with van der Waals surface area (Å²) in [5.41, 5.74) is 7.53. The van der Waals surface area contributed by atoms with Crippen molar-refractivity contribution in [3.05, 3.63) is 63.6 Å². The van der Waals surface area contributed by atoms with Crippen LogP contribution in [0.1, 0.15) is 28.9 Å². The zero-order valence-corrected chi connectivity index (χ0v) is 12.4. The quantitative estimate of drug-likeness (QED) is 0.840. The highest BCUT2D eigenvalue weighted by molar-refractivity contribution is 6.33. The molecule has 0 aliphatic rings. The van der Waals surface area contributed by atoms with Crippen LogP contribution < -0.4 is 11.1 Å². The number of rotatable bonds is 3. The first-order valence-electron chi connectivity index (χ1n) is 6.08. The van der Waals surface area contributed by atoms with E-state index >= 15 is 0 Å². The Labute approximate surface area is 127 Å². The first kappa shape index (κ1) is 14.7. The van der Waals surface area contributed by atoms with Gasteiger partial charge in [-0.1, -0.05) is 35.3 Å². The van der Waals surface area contributed by atoms with Crippen molar-refractivity contribution in [2.45, 2.75) is 13.0 Å². The number of hydrogen-bond donors (Lipinski definition) is 2. The SMILES string of the molecule is C[C@@H](NC(=O)c1ccc(Cl)c(N)c1)c1ccc(Cl)cc1. The Morgan fingerprint density at radius 3 is 2.40 bits per heavy atom. The van der Waals surface area contributed by atoms with Gasteiger partial charge >= 0.3 is 0 Å². The molecule has 0 unspecified atom stereocenters. The number of carbonyl (C=O) groups is 1. The second-order valence-electron chi connectivity index (χ2n) is 4.48. The fourth-order valence-electron chi connectivity index (χ4n) is 1.80. The van der Waals surface area contributed by atoms with Crippen LogP contribution in [0.25, 0.3) is 0 Å². The lowest BCUT2D eigenvalue weighted by Gasteiger charge is -2.14. The minimum Gasteiger partial charge on any atom is -0.398 e. The fourth-order valence-corrected chi connectivity index (χ4v) is 2.04. The molecule has 1 amide bonds. The second kappa shape index (κ2) is 6.16. The molecule has 2 aromatic rings. The number of nitrogens with one attached hydrogen (secondary N) is 1. The van der Waals surface area contributed by atoms with Crippen molar-refractivity contribution in [2.24, 2.45) is 0 Å². The van der Waals surface area contributed by atoms with Crippen LogP contribution in [0, 0.1) is 0 Å². The molecular formula is C15H14Cl2N2O. The molecule has 0 saturated heterocycles. The van der Waals surface area contributed by atoms with Crippen molar-refractivity contribution in [3.63, 3.8) is 0 Å². The lowest BCUT2D eigenvalue weighted by molar-refractivity contribution is 0.0940. The Bertz CT molecular complexity index is 626. The maximum atomic E-state index is 12.1. The zero-order chi connectivity index (χ0) is 14.7. The van der Waals surface area contributed by atoms with Gasteiger partial charge in [0.05, 0.1) is 16.8 Å². The van der Waals surface area contributed by atoms with Crippen LogP contribution in [0.3, 0.4) is 0 Å². The number of anilines is 1. The third-order valence-electron chi connectivity index (χ3n) is 2.98. The van der Waals surface area contributed by atoms with Gasteiger partial charge in [0.25, 0.3) is 5.91 Å². The average molecular weight is 309 g/mol. The van der Waals surface area contributed by atoms with Gasteiger partial charge in [0.2, 0.25) is 0 Å². The van der Waals surface area contributed by atoms with Gasteiger partial charge in [-0.25, -0.2) is 0 Å². The van der Waals surface area contributed by atoms with E-state index in [4.69, 9.17) is 28.9 Å². The van der Waals surface area contributed by atoms with Gasteiger partial charge < -0.3 is 11.1 Å². The number of benzene rings is 2. The van der Waals surface area contributed by atoms with E-state index < -0.39 is 0 Å². The van der Waals surface area contributed by atoms with Gasteiger partial charge in [0.1, 0.15) is 0 Å². The third-order valence-corrected chi connectivity index (χ3v) is 3.57. The molecule has 0 aliphatic carbocycles. The standard InChI is InChI=1S/C15H14Cl2N2O/c1-9(10-2-5-12(16)6-3-10)19-15(20)11-4-7-13(17)14(18)8-11/h2-9H,18H2,1H3,(H,19,20)/t9-/m1/s1. The van der Waals surface area contributed by atoms with Crippen LogP contribution in [0.2, 0.25) is 10.0 Å². The van der Waals surface area contributed by atoms with E-state index in [0.717, 1.165) is 5.56 Å². The van der Waals surface area contributed by atoms with Gasteiger partial charge in [-0.2, -0.15) is 0 Å². The minimum atomic E-state index is -0.198. The van der Waals surface area contributed by atoms with Crippen LogP contribution >= 0.6 is 23.2 Å². The van der Waals surface area contributed by atoms with E-state index in [9.17, 15) is 4.79 Å². The zero-order valence-electron chi connectivity index (χ0n) is 10.9. The molecule has 20 heavy (non-hydrogen) atoms. The van der Waals surface area contributed by atoms with Gasteiger partial charge in [0, 0.05) is 10.6 Å². The number of nitrogen functional groups attached to an aromatic ring is 1. The summed E-state index contributed by atoms with van der Waals surface area (Å²) in [7, 11) is 0. The monoisotopic (exact) mass is 308 g/mol. The van der Waals surface area contributed by atoms with Crippen LogP contribution in [0.4, 0.5) is 5.69 Å². The van der Waals surface area contributed by atoms with E-state index in [0.29, 0.717) is 21.3 Å². The number of halogens is 2. The van der Waals surface area contributed by atoms with Gasteiger partial charge in [0.15, 0.2) is 0 Å². The molecule has 0 heterocycles. The lowest BCUT2D eigenvalue weighted by atomic mass is 10.1. The summed E-state index contributed by atoms with van der Waals surface area (Å²) in [5.74, 6) is -0.198. The smallest absolute Gasteiger partial charge is 0.251 e. The van der Waals surface area contributed by atoms with E-state index in [1.807, 2.05) is 19.1 Å². The van der Waals surface area contributed by atoms with Crippen LogP contribution in [-0.2, 0) is 0 Å². The Kier molecular flexibility index (Phi) is 4.53. The highest BCUT2D eigenvalue weighted by Gasteiger charge is 2.12. The first-order valence-corrected chi connectivity index (χ1v) is 6.84. The summed E-state index contributed by atoms with van der Waals surface area (Å²) in [4.78, 5) is 12.1. The third kappa shape index (κ3) is 3.44. The molecule has 0 saturated carbocycles.